The highest BCUT2D eigenvalue weighted by Crippen LogP contribution is 2.30. The quantitative estimate of drug-likeness (QED) is 0.678. The molecule has 0 spiro atoms. The summed E-state index contributed by atoms with van der Waals surface area (Å²) in [6.45, 7) is 0. The van der Waals surface area contributed by atoms with Crippen LogP contribution in [0, 0.1) is 5.82 Å². The average Bonchev–Trinajstić information content (AvgIpc) is 2.59. The predicted molar refractivity (Wildman–Crippen MR) is 96.1 cm³/mol. The molecule has 0 atom stereocenters. The summed E-state index contributed by atoms with van der Waals surface area (Å²) >= 11 is 12.0. The largest absolute Gasteiger partial charge is 0.323 e. The molecule has 2 aromatic carbocycles. The molecule has 0 aliphatic rings. The zero-order valence-electron chi connectivity index (χ0n) is 12.6. The van der Waals surface area contributed by atoms with Crippen LogP contribution in [0.1, 0.15) is 10.4 Å². The van der Waals surface area contributed by atoms with Crippen molar-refractivity contribution in [1.82, 2.24) is 9.97 Å². The van der Waals surface area contributed by atoms with Gasteiger partial charge in [-0.2, -0.15) is 0 Å². The van der Waals surface area contributed by atoms with Gasteiger partial charge >= 0.3 is 0 Å². The number of halogens is 3. The number of nitrogens with one attached hydrogen (secondary N) is 2. The van der Waals surface area contributed by atoms with Crippen LogP contribution >= 0.6 is 23.2 Å². The van der Waals surface area contributed by atoms with Gasteiger partial charge in [0, 0.05) is 18.1 Å². The summed E-state index contributed by atoms with van der Waals surface area (Å²) in [5, 5.41) is 6.23. The summed E-state index contributed by atoms with van der Waals surface area (Å²) in [5.41, 5.74) is 1.12. The van der Waals surface area contributed by atoms with E-state index in [1.54, 1.807) is 24.3 Å². The minimum Gasteiger partial charge on any atom is -0.323 e. The number of aromatic nitrogens is 2. The number of anilines is 3. The Kier molecular flexibility index (Phi) is 5.11. The first-order chi connectivity index (χ1) is 12.0. The van der Waals surface area contributed by atoms with Crippen molar-refractivity contribution >= 4 is 46.4 Å². The van der Waals surface area contributed by atoms with Gasteiger partial charge < -0.3 is 10.6 Å². The standard InChI is InChI=1S/C17H11Cl2FN4O/c18-13-5-2-6-14(15(13)19)24-17-21-8-10(9-22-17)16(25)23-12-4-1-3-11(20)7-12/h1-9H,(H,23,25)(H,21,22,24). The summed E-state index contributed by atoms with van der Waals surface area (Å²) < 4.78 is 13.1. The van der Waals surface area contributed by atoms with Crippen molar-refractivity contribution in [2.24, 2.45) is 0 Å². The van der Waals surface area contributed by atoms with Gasteiger partial charge in [0.1, 0.15) is 5.82 Å². The van der Waals surface area contributed by atoms with Gasteiger partial charge in [-0.05, 0) is 30.3 Å². The molecule has 0 saturated heterocycles. The van der Waals surface area contributed by atoms with Crippen molar-refractivity contribution < 1.29 is 9.18 Å². The fourth-order valence-electron chi connectivity index (χ4n) is 2.00. The van der Waals surface area contributed by atoms with Gasteiger partial charge in [-0.25, -0.2) is 14.4 Å². The van der Waals surface area contributed by atoms with E-state index in [4.69, 9.17) is 23.2 Å². The Hall–Kier alpha value is -2.70. The van der Waals surface area contributed by atoms with Gasteiger partial charge in [0.25, 0.3) is 5.91 Å². The molecule has 5 nitrogen and oxygen atoms in total. The molecule has 126 valence electrons. The van der Waals surface area contributed by atoms with E-state index in [0.717, 1.165) is 0 Å². The molecule has 1 aromatic heterocycles. The number of carbonyl (C=O) groups is 1. The number of hydrogen-bond donors (Lipinski definition) is 2. The molecule has 8 heteroatoms. The van der Waals surface area contributed by atoms with Gasteiger partial charge in [0.2, 0.25) is 5.95 Å². The van der Waals surface area contributed by atoms with E-state index in [2.05, 4.69) is 20.6 Å². The second-order valence-electron chi connectivity index (χ2n) is 4.99. The van der Waals surface area contributed by atoms with Crippen LogP contribution in [0.25, 0.3) is 0 Å². The van der Waals surface area contributed by atoms with E-state index in [1.807, 2.05) is 0 Å². The maximum atomic E-state index is 13.1. The van der Waals surface area contributed by atoms with Gasteiger partial charge in [-0.15, -0.1) is 0 Å². The lowest BCUT2D eigenvalue weighted by Crippen LogP contribution is -2.13. The second-order valence-corrected chi connectivity index (χ2v) is 5.77. The second kappa shape index (κ2) is 7.46. The number of rotatable bonds is 4. The zero-order chi connectivity index (χ0) is 17.8. The lowest BCUT2D eigenvalue weighted by molar-refractivity contribution is 0.102. The first-order valence-corrected chi connectivity index (χ1v) is 7.88. The maximum Gasteiger partial charge on any atom is 0.258 e. The molecule has 25 heavy (non-hydrogen) atoms. The van der Waals surface area contributed by atoms with Gasteiger partial charge in [0.05, 0.1) is 21.3 Å². The van der Waals surface area contributed by atoms with Crippen LogP contribution in [0.4, 0.5) is 21.7 Å². The van der Waals surface area contributed by atoms with Crippen LogP contribution in [-0.2, 0) is 0 Å². The monoisotopic (exact) mass is 376 g/mol. The Morgan fingerprint density at radius 3 is 2.48 bits per heavy atom. The smallest absolute Gasteiger partial charge is 0.258 e. The van der Waals surface area contributed by atoms with E-state index in [9.17, 15) is 9.18 Å². The molecule has 0 aliphatic carbocycles. The Balaban J connectivity index is 1.71. The molecule has 0 unspecified atom stereocenters. The first kappa shape index (κ1) is 17.1. The summed E-state index contributed by atoms with van der Waals surface area (Å²) in [6, 6.07) is 10.7. The number of nitrogens with zero attached hydrogens (tertiary/aromatic N) is 2. The van der Waals surface area contributed by atoms with Crippen molar-refractivity contribution in [2.45, 2.75) is 0 Å². The van der Waals surface area contributed by atoms with Gasteiger partial charge in [-0.1, -0.05) is 35.3 Å². The molecule has 0 bridgehead atoms. The first-order valence-electron chi connectivity index (χ1n) is 7.13. The van der Waals surface area contributed by atoms with Crippen LogP contribution in [0.15, 0.2) is 54.9 Å². The highest BCUT2D eigenvalue weighted by molar-refractivity contribution is 6.43. The van der Waals surface area contributed by atoms with Gasteiger partial charge in [0.15, 0.2) is 0 Å². The highest BCUT2D eigenvalue weighted by atomic mass is 35.5. The molecule has 2 N–H and O–H groups in total. The molecule has 1 heterocycles. The number of benzene rings is 2. The lowest BCUT2D eigenvalue weighted by atomic mass is 10.2. The average molecular weight is 377 g/mol. The number of amides is 1. The molecule has 0 fully saturated rings. The lowest BCUT2D eigenvalue weighted by Gasteiger charge is -2.08. The third-order valence-electron chi connectivity index (χ3n) is 3.19. The van der Waals surface area contributed by atoms with Crippen LogP contribution in [-0.4, -0.2) is 15.9 Å². The molecular formula is C17H11Cl2FN4O. The molecule has 3 rings (SSSR count). The minimum absolute atomic E-state index is 0.229. The molecule has 3 aromatic rings. The molecule has 0 radical (unpaired) electrons. The van der Waals surface area contributed by atoms with E-state index < -0.39 is 11.7 Å². The Morgan fingerprint density at radius 2 is 1.76 bits per heavy atom. The summed E-state index contributed by atoms with van der Waals surface area (Å²) in [5.74, 6) is -0.628. The topological polar surface area (TPSA) is 66.9 Å². The minimum atomic E-state index is -0.446. The summed E-state index contributed by atoms with van der Waals surface area (Å²) in [4.78, 5) is 20.3. The van der Waals surface area contributed by atoms with Crippen LogP contribution in [0.3, 0.4) is 0 Å². The van der Waals surface area contributed by atoms with E-state index in [0.29, 0.717) is 21.4 Å². The van der Waals surface area contributed by atoms with Crippen LogP contribution < -0.4 is 10.6 Å². The van der Waals surface area contributed by atoms with E-state index >= 15 is 0 Å². The third kappa shape index (κ3) is 4.23. The fraction of sp³-hybridized carbons (Fsp3) is 0. The van der Waals surface area contributed by atoms with Crippen molar-refractivity contribution in [3.05, 3.63) is 76.3 Å². The fourth-order valence-corrected chi connectivity index (χ4v) is 2.35. The highest BCUT2D eigenvalue weighted by Gasteiger charge is 2.10. The van der Waals surface area contributed by atoms with Crippen LogP contribution in [0.2, 0.25) is 10.0 Å². The molecule has 1 amide bonds. The van der Waals surface area contributed by atoms with E-state index in [1.165, 1.54) is 30.6 Å². The van der Waals surface area contributed by atoms with Crippen LogP contribution in [0.5, 0.6) is 0 Å². The zero-order valence-corrected chi connectivity index (χ0v) is 14.1. The number of hydrogen-bond acceptors (Lipinski definition) is 4. The molecule has 0 aliphatic heterocycles. The van der Waals surface area contributed by atoms with Gasteiger partial charge in [-0.3, -0.25) is 4.79 Å². The van der Waals surface area contributed by atoms with Crippen molar-refractivity contribution in [1.29, 1.82) is 0 Å². The maximum absolute atomic E-state index is 13.1. The third-order valence-corrected chi connectivity index (χ3v) is 4.01. The number of carbonyl (C=O) groups excluding carboxylic acids is 1. The predicted octanol–water partition coefficient (Wildman–Crippen LogP) is 4.92. The Bertz CT molecular complexity index is 919. The summed E-state index contributed by atoms with van der Waals surface area (Å²) in [7, 11) is 0. The Labute approximate surface area is 152 Å². The van der Waals surface area contributed by atoms with Crippen molar-refractivity contribution in [2.75, 3.05) is 10.6 Å². The summed E-state index contributed by atoms with van der Waals surface area (Å²) in [6.07, 6.45) is 2.70. The van der Waals surface area contributed by atoms with Crippen molar-refractivity contribution in [3.63, 3.8) is 0 Å². The van der Waals surface area contributed by atoms with Crippen molar-refractivity contribution in [3.8, 4) is 0 Å². The normalized spacial score (nSPS) is 10.4. The molecule has 0 saturated carbocycles. The Morgan fingerprint density at radius 1 is 1.04 bits per heavy atom. The SMILES string of the molecule is O=C(Nc1cccc(F)c1)c1cnc(Nc2cccc(Cl)c2Cl)nc1. The van der Waals surface area contributed by atoms with E-state index in [-0.39, 0.29) is 11.5 Å². The molecular weight excluding hydrogens is 366 g/mol.